The summed E-state index contributed by atoms with van der Waals surface area (Å²) in [4.78, 5) is 55.4. The first kappa shape index (κ1) is 23.4. The molecule has 2 aliphatic rings. The molecule has 180 valence electrons. The van der Waals surface area contributed by atoms with Gasteiger partial charge in [-0.15, -0.1) is 0 Å². The van der Waals surface area contributed by atoms with Gasteiger partial charge in [0.15, 0.2) is 5.76 Å². The van der Waals surface area contributed by atoms with Gasteiger partial charge in [-0.1, -0.05) is 0 Å². The van der Waals surface area contributed by atoms with E-state index in [1.807, 2.05) is 4.90 Å². The van der Waals surface area contributed by atoms with E-state index in [1.165, 1.54) is 35.4 Å². The van der Waals surface area contributed by atoms with Crippen molar-refractivity contribution >= 4 is 29.3 Å². The van der Waals surface area contributed by atoms with E-state index in [9.17, 15) is 23.6 Å². The molecule has 1 atom stereocenters. The first-order chi connectivity index (χ1) is 16.4. The number of nitrogens with one attached hydrogen (secondary N) is 2. The number of nitrogens with zero attached hydrogens (tertiary/aromatic N) is 3. The Morgan fingerprint density at radius 3 is 2.47 bits per heavy atom. The minimum atomic E-state index is -0.927. The lowest BCUT2D eigenvalue weighted by Crippen LogP contribution is -2.60. The van der Waals surface area contributed by atoms with Gasteiger partial charge in [-0.3, -0.25) is 24.1 Å². The van der Waals surface area contributed by atoms with E-state index in [1.54, 1.807) is 17.0 Å². The van der Waals surface area contributed by atoms with E-state index in [4.69, 9.17) is 4.42 Å². The second-order valence-electron chi connectivity index (χ2n) is 8.20. The molecule has 1 aromatic heterocycles. The Bertz CT molecular complexity index is 1030. The number of anilines is 1. The molecular weight excluding hydrogens is 445 g/mol. The highest BCUT2D eigenvalue weighted by atomic mass is 19.1. The molecule has 34 heavy (non-hydrogen) atoms. The van der Waals surface area contributed by atoms with Crippen molar-refractivity contribution in [3.05, 3.63) is 54.2 Å². The van der Waals surface area contributed by atoms with E-state index in [0.717, 1.165) is 0 Å². The zero-order valence-corrected chi connectivity index (χ0v) is 18.5. The molecule has 2 aliphatic heterocycles. The number of carbonyl (C=O) groups excluding carboxylic acids is 4. The van der Waals surface area contributed by atoms with Crippen LogP contribution in [0.4, 0.5) is 10.1 Å². The van der Waals surface area contributed by atoms with Gasteiger partial charge in [0.25, 0.3) is 5.91 Å². The molecule has 0 spiro atoms. The van der Waals surface area contributed by atoms with Crippen LogP contribution in [0.3, 0.4) is 0 Å². The van der Waals surface area contributed by atoms with Crippen molar-refractivity contribution in [1.82, 2.24) is 20.0 Å². The molecule has 2 aromatic rings. The molecule has 10 nitrogen and oxygen atoms in total. The van der Waals surface area contributed by atoms with Crippen LogP contribution in [0.15, 0.2) is 47.1 Å². The van der Waals surface area contributed by atoms with Crippen LogP contribution in [0.1, 0.15) is 17.0 Å². The van der Waals surface area contributed by atoms with Gasteiger partial charge >= 0.3 is 0 Å². The van der Waals surface area contributed by atoms with Gasteiger partial charge in [0, 0.05) is 45.0 Å². The Hall–Kier alpha value is -3.73. The Labute approximate surface area is 195 Å². The molecule has 0 unspecified atom stereocenters. The van der Waals surface area contributed by atoms with Crippen LogP contribution < -0.4 is 10.6 Å². The zero-order valence-electron chi connectivity index (χ0n) is 18.5. The van der Waals surface area contributed by atoms with Gasteiger partial charge in [0.05, 0.1) is 19.2 Å². The summed E-state index contributed by atoms with van der Waals surface area (Å²) in [6, 6.07) is 7.64. The summed E-state index contributed by atoms with van der Waals surface area (Å²) in [6.45, 7) is 2.63. The van der Waals surface area contributed by atoms with Crippen LogP contribution in [0.2, 0.25) is 0 Å². The van der Waals surface area contributed by atoms with Crippen molar-refractivity contribution in [2.45, 2.75) is 12.5 Å². The second-order valence-corrected chi connectivity index (χ2v) is 8.20. The van der Waals surface area contributed by atoms with Gasteiger partial charge in [-0.25, -0.2) is 4.39 Å². The van der Waals surface area contributed by atoms with E-state index >= 15 is 0 Å². The molecule has 2 N–H and O–H groups in total. The lowest BCUT2D eigenvalue weighted by Gasteiger charge is -2.38. The number of piperazine rings is 2. The monoisotopic (exact) mass is 471 g/mol. The van der Waals surface area contributed by atoms with Crippen molar-refractivity contribution in [1.29, 1.82) is 0 Å². The van der Waals surface area contributed by atoms with Crippen molar-refractivity contribution < 1.29 is 28.0 Å². The van der Waals surface area contributed by atoms with Crippen molar-refractivity contribution in [3.8, 4) is 0 Å². The van der Waals surface area contributed by atoms with Gasteiger partial charge in [0.1, 0.15) is 11.9 Å². The van der Waals surface area contributed by atoms with Gasteiger partial charge in [0.2, 0.25) is 17.7 Å². The molecule has 0 bridgehead atoms. The summed E-state index contributed by atoms with van der Waals surface area (Å²) in [5.74, 6) is -1.41. The highest BCUT2D eigenvalue weighted by molar-refractivity contribution is 5.97. The second kappa shape index (κ2) is 10.5. The molecule has 0 saturated carbocycles. The van der Waals surface area contributed by atoms with Crippen LogP contribution in [-0.4, -0.2) is 90.2 Å². The van der Waals surface area contributed by atoms with E-state index in [0.29, 0.717) is 45.0 Å². The predicted octanol–water partition coefficient (Wildman–Crippen LogP) is 0.532. The van der Waals surface area contributed by atoms with Crippen molar-refractivity contribution in [3.63, 3.8) is 0 Å². The lowest BCUT2D eigenvalue weighted by molar-refractivity contribution is -0.145. The highest BCUT2D eigenvalue weighted by Crippen LogP contribution is 2.15. The third-order valence-corrected chi connectivity index (χ3v) is 5.91. The Balaban J connectivity index is 1.31. The topological polar surface area (TPSA) is 115 Å². The number of benzene rings is 1. The molecule has 3 heterocycles. The molecule has 2 saturated heterocycles. The van der Waals surface area contributed by atoms with Crippen LogP contribution in [0, 0.1) is 5.82 Å². The fourth-order valence-corrected chi connectivity index (χ4v) is 4.08. The molecule has 2 fully saturated rings. The average molecular weight is 471 g/mol. The number of hydrogen-bond donors (Lipinski definition) is 2. The molecule has 0 aliphatic carbocycles. The Morgan fingerprint density at radius 1 is 1.06 bits per heavy atom. The third kappa shape index (κ3) is 5.60. The fourth-order valence-electron chi connectivity index (χ4n) is 4.08. The number of halogens is 1. The SMILES string of the molecule is O=C(C[C@H]1C(=O)NCCN1C(=O)CN1CCN(C(=O)c2ccco2)CC1)Nc1ccc(F)cc1. The quantitative estimate of drug-likeness (QED) is 0.635. The summed E-state index contributed by atoms with van der Waals surface area (Å²) in [5, 5.41) is 5.33. The first-order valence-electron chi connectivity index (χ1n) is 11.1. The van der Waals surface area contributed by atoms with Crippen molar-refractivity contribution in [2.75, 3.05) is 51.1 Å². The first-order valence-corrected chi connectivity index (χ1v) is 11.1. The van der Waals surface area contributed by atoms with Crippen LogP contribution in [0.25, 0.3) is 0 Å². The largest absolute Gasteiger partial charge is 0.459 e. The van der Waals surface area contributed by atoms with E-state index in [-0.39, 0.29) is 36.4 Å². The molecular formula is C23H26FN5O5. The van der Waals surface area contributed by atoms with Gasteiger partial charge in [-0.05, 0) is 36.4 Å². The van der Waals surface area contributed by atoms with Gasteiger partial charge < -0.3 is 24.9 Å². The zero-order chi connectivity index (χ0) is 24.1. The smallest absolute Gasteiger partial charge is 0.289 e. The fraction of sp³-hybridized carbons (Fsp3) is 0.391. The molecule has 1 aromatic carbocycles. The molecule has 4 amide bonds. The molecule has 4 rings (SSSR count). The average Bonchev–Trinajstić information content (AvgIpc) is 3.37. The summed E-state index contributed by atoms with van der Waals surface area (Å²) >= 11 is 0. The van der Waals surface area contributed by atoms with Crippen molar-refractivity contribution in [2.24, 2.45) is 0 Å². The number of carbonyl (C=O) groups is 4. The van der Waals surface area contributed by atoms with Gasteiger partial charge in [-0.2, -0.15) is 0 Å². The number of amides is 4. The maximum Gasteiger partial charge on any atom is 0.289 e. The van der Waals surface area contributed by atoms with E-state index < -0.39 is 17.8 Å². The minimum absolute atomic E-state index is 0.0894. The highest BCUT2D eigenvalue weighted by Gasteiger charge is 2.35. The van der Waals surface area contributed by atoms with Crippen LogP contribution >= 0.6 is 0 Å². The van der Waals surface area contributed by atoms with Crippen LogP contribution in [0.5, 0.6) is 0 Å². The summed E-state index contributed by atoms with van der Waals surface area (Å²) in [6.07, 6.45) is 1.24. The Morgan fingerprint density at radius 2 is 1.79 bits per heavy atom. The molecule has 11 heteroatoms. The lowest BCUT2D eigenvalue weighted by atomic mass is 10.1. The number of furan rings is 1. The predicted molar refractivity (Wildman–Crippen MR) is 119 cm³/mol. The van der Waals surface area contributed by atoms with E-state index in [2.05, 4.69) is 10.6 Å². The summed E-state index contributed by atoms with van der Waals surface area (Å²) < 4.78 is 18.2. The molecule has 0 radical (unpaired) electrons. The standard InChI is InChI=1S/C23H26FN5O5/c24-16-3-5-17(6-4-16)26-20(30)14-18-22(32)25-7-8-29(18)21(31)15-27-9-11-28(12-10-27)23(33)19-2-1-13-34-19/h1-6,13,18H,7-12,14-15H2,(H,25,32)(H,26,30)/t18-/m0/s1. The maximum absolute atomic E-state index is 13.1. The van der Waals surface area contributed by atoms with Crippen LogP contribution in [-0.2, 0) is 14.4 Å². The maximum atomic E-state index is 13.1. The third-order valence-electron chi connectivity index (χ3n) is 5.91. The summed E-state index contributed by atoms with van der Waals surface area (Å²) in [7, 11) is 0. The number of rotatable bonds is 6. The minimum Gasteiger partial charge on any atom is -0.459 e. The number of hydrogen-bond acceptors (Lipinski definition) is 6. The normalized spacial score (nSPS) is 19.0. The Kier molecular flexibility index (Phi) is 7.21. The summed E-state index contributed by atoms with van der Waals surface area (Å²) in [5.41, 5.74) is 0.405.